The number of likely N-dealkylation sites (tertiary alicyclic amines) is 1. The van der Waals surface area contributed by atoms with Crippen molar-refractivity contribution in [1.82, 2.24) is 4.90 Å². The Bertz CT molecular complexity index is 714. The largest absolute Gasteiger partial charge is 0.348 e. The Balaban J connectivity index is 1.70. The number of hydrogen-bond donors (Lipinski definition) is 1. The molecule has 2 aromatic carbocycles. The number of rotatable bonds is 4. The molecule has 1 aliphatic heterocycles. The van der Waals surface area contributed by atoms with Gasteiger partial charge in [-0.25, -0.2) is 0 Å². The fourth-order valence-electron chi connectivity index (χ4n) is 3.64. The monoisotopic (exact) mass is 352 g/mol. The summed E-state index contributed by atoms with van der Waals surface area (Å²) in [6.07, 6.45) is 3.20. The maximum atomic E-state index is 5.75. The van der Waals surface area contributed by atoms with Crippen molar-refractivity contribution in [1.29, 1.82) is 0 Å². The third-order valence-corrected chi connectivity index (χ3v) is 5.62. The van der Waals surface area contributed by atoms with E-state index < -0.39 is 0 Å². The second-order valence-electron chi connectivity index (χ2n) is 6.93. The highest BCUT2D eigenvalue weighted by Crippen LogP contribution is 2.29. The molecule has 25 heavy (non-hydrogen) atoms. The van der Waals surface area contributed by atoms with Crippen LogP contribution in [0.15, 0.2) is 42.5 Å². The number of anilines is 1. The van der Waals surface area contributed by atoms with Crippen molar-refractivity contribution in [3.63, 3.8) is 0 Å². The van der Waals surface area contributed by atoms with E-state index in [1.165, 1.54) is 34.4 Å². The molecule has 2 aromatic rings. The van der Waals surface area contributed by atoms with E-state index in [-0.39, 0.29) is 0 Å². The molecular formula is C22H28N2S. The first kappa shape index (κ1) is 17.9. The zero-order chi connectivity index (χ0) is 17.8. The Kier molecular flexibility index (Phi) is 5.74. The summed E-state index contributed by atoms with van der Waals surface area (Å²) < 4.78 is 0. The summed E-state index contributed by atoms with van der Waals surface area (Å²) in [4.78, 5) is 2.33. The standard InChI is InChI=1S/C22H28N2S/c1-4-17-7-6-8-18(5-2)21(17)23-22(25)24-14-13-20(15-24)19-11-9-16(3)10-12-19/h6-12,20H,4-5,13-15H2,1-3H3,(H,23,25). The van der Waals surface area contributed by atoms with Gasteiger partial charge in [0, 0.05) is 24.7 Å². The Morgan fingerprint density at radius 1 is 1.08 bits per heavy atom. The van der Waals surface area contributed by atoms with Crippen molar-refractivity contribution in [2.45, 2.75) is 46.0 Å². The molecule has 1 N–H and O–H groups in total. The van der Waals surface area contributed by atoms with E-state index in [0.717, 1.165) is 31.0 Å². The van der Waals surface area contributed by atoms with Crippen molar-refractivity contribution < 1.29 is 0 Å². The second-order valence-corrected chi connectivity index (χ2v) is 7.32. The number of nitrogens with one attached hydrogen (secondary N) is 1. The molecule has 132 valence electrons. The lowest BCUT2D eigenvalue weighted by molar-refractivity contribution is 0.518. The van der Waals surface area contributed by atoms with Crippen LogP contribution in [0, 0.1) is 6.92 Å². The zero-order valence-electron chi connectivity index (χ0n) is 15.5. The number of benzene rings is 2. The van der Waals surface area contributed by atoms with Gasteiger partial charge >= 0.3 is 0 Å². The molecule has 0 amide bonds. The molecule has 3 heteroatoms. The lowest BCUT2D eigenvalue weighted by Crippen LogP contribution is -2.33. The van der Waals surface area contributed by atoms with Crippen LogP contribution < -0.4 is 5.32 Å². The van der Waals surface area contributed by atoms with Crippen molar-refractivity contribution in [3.05, 3.63) is 64.7 Å². The van der Waals surface area contributed by atoms with Gasteiger partial charge in [0.15, 0.2) is 5.11 Å². The van der Waals surface area contributed by atoms with Gasteiger partial charge in [0.25, 0.3) is 0 Å². The number of thiocarbonyl (C=S) groups is 1. The lowest BCUT2D eigenvalue weighted by atomic mass is 9.98. The van der Waals surface area contributed by atoms with Crippen LogP contribution in [0.2, 0.25) is 0 Å². The van der Waals surface area contributed by atoms with Crippen LogP contribution in [-0.2, 0) is 12.8 Å². The van der Waals surface area contributed by atoms with Crippen molar-refractivity contribution >= 4 is 23.0 Å². The Labute approximate surface area is 157 Å². The van der Waals surface area contributed by atoms with Crippen LogP contribution in [0.4, 0.5) is 5.69 Å². The predicted molar refractivity (Wildman–Crippen MR) is 112 cm³/mol. The fourth-order valence-corrected chi connectivity index (χ4v) is 3.91. The molecule has 2 nitrogen and oxygen atoms in total. The van der Waals surface area contributed by atoms with Crippen molar-refractivity contribution in [3.8, 4) is 0 Å². The fraction of sp³-hybridized carbons (Fsp3) is 0.409. The van der Waals surface area contributed by atoms with Crippen LogP contribution in [0.25, 0.3) is 0 Å². The summed E-state index contributed by atoms with van der Waals surface area (Å²) in [6, 6.07) is 15.5. The van der Waals surface area contributed by atoms with Crippen LogP contribution in [0.3, 0.4) is 0 Å². The molecule has 3 rings (SSSR count). The number of aryl methyl sites for hydroxylation is 3. The molecule has 0 radical (unpaired) electrons. The smallest absolute Gasteiger partial charge is 0.173 e. The average Bonchev–Trinajstić information content (AvgIpc) is 3.12. The van der Waals surface area contributed by atoms with Crippen molar-refractivity contribution in [2.75, 3.05) is 18.4 Å². The molecule has 0 aliphatic carbocycles. The minimum atomic E-state index is 0.576. The summed E-state index contributed by atoms with van der Waals surface area (Å²) in [5.41, 5.74) is 6.65. The number of para-hydroxylation sites is 1. The van der Waals surface area contributed by atoms with Gasteiger partial charge in [-0.05, 0) is 55.1 Å². The highest BCUT2D eigenvalue weighted by atomic mass is 32.1. The summed E-state index contributed by atoms with van der Waals surface area (Å²) in [7, 11) is 0. The highest BCUT2D eigenvalue weighted by Gasteiger charge is 2.26. The molecule has 1 unspecified atom stereocenters. The van der Waals surface area contributed by atoms with E-state index in [9.17, 15) is 0 Å². The maximum Gasteiger partial charge on any atom is 0.173 e. The summed E-state index contributed by atoms with van der Waals surface area (Å²) in [5, 5.41) is 4.43. The molecule has 0 bridgehead atoms. The lowest BCUT2D eigenvalue weighted by Gasteiger charge is -2.23. The molecule has 1 heterocycles. The minimum Gasteiger partial charge on any atom is -0.348 e. The summed E-state index contributed by atoms with van der Waals surface area (Å²) >= 11 is 5.75. The Morgan fingerprint density at radius 3 is 2.32 bits per heavy atom. The maximum absolute atomic E-state index is 5.75. The highest BCUT2D eigenvalue weighted by molar-refractivity contribution is 7.80. The molecular weight excluding hydrogens is 324 g/mol. The second kappa shape index (κ2) is 8.01. The number of hydrogen-bond acceptors (Lipinski definition) is 1. The van der Waals surface area contributed by atoms with Crippen molar-refractivity contribution in [2.24, 2.45) is 0 Å². The van der Waals surface area contributed by atoms with Gasteiger partial charge in [-0.15, -0.1) is 0 Å². The van der Waals surface area contributed by atoms with Crippen LogP contribution in [0.5, 0.6) is 0 Å². The van der Waals surface area contributed by atoms with Gasteiger partial charge in [0.2, 0.25) is 0 Å². The van der Waals surface area contributed by atoms with Gasteiger partial charge in [0.05, 0.1) is 0 Å². The third-order valence-electron chi connectivity index (χ3n) is 5.26. The summed E-state index contributed by atoms with van der Waals surface area (Å²) in [5.74, 6) is 0.576. The average molecular weight is 353 g/mol. The summed E-state index contributed by atoms with van der Waals surface area (Å²) in [6.45, 7) is 8.57. The molecule has 0 saturated carbocycles. The number of nitrogens with zero attached hydrogens (tertiary/aromatic N) is 1. The predicted octanol–water partition coefficient (Wildman–Crippen LogP) is 5.31. The van der Waals surface area contributed by atoms with E-state index in [1.54, 1.807) is 0 Å². The van der Waals surface area contributed by atoms with Crippen LogP contribution >= 0.6 is 12.2 Å². The third kappa shape index (κ3) is 4.04. The first-order valence-corrected chi connectivity index (χ1v) is 9.76. The van der Waals surface area contributed by atoms with E-state index >= 15 is 0 Å². The normalized spacial score (nSPS) is 16.9. The SMILES string of the molecule is CCc1cccc(CC)c1NC(=S)N1CCC(c2ccc(C)cc2)C1. The molecule has 1 aliphatic rings. The van der Waals surface area contributed by atoms with E-state index in [4.69, 9.17) is 12.2 Å². The molecule has 0 spiro atoms. The first-order chi connectivity index (χ1) is 12.1. The topological polar surface area (TPSA) is 15.3 Å². The quantitative estimate of drug-likeness (QED) is 0.751. The van der Waals surface area contributed by atoms with Gasteiger partial charge in [-0.2, -0.15) is 0 Å². The van der Waals surface area contributed by atoms with E-state index in [1.807, 2.05) is 0 Å². The van der Waals surface area contributed by atoms with Gasteiger partial charge in [-0.1, -0.05) is 61.9 Å². The van der Waals surface area contributed by atoms with Crippen LogP contribution in [-0.4, -0.2) is 23.1 Å². The molecule has 1 fully saturated rings. The van der Waals surface area contributed by atoms with Gasteiger partial charge < -0.3 is 10.2 Å². The van der Waals surface area contributed by atoms with Crippen LogP contribution in [0.1, 0.15) is 48.4 Å². The molecule has 1 atom stereocenters. The van der Waals surface area contributed by atoms with Gasteiger partial charge in [0.1, 0.15) is 0 Å². The Hall–Kier alpha value is -1.87. The Morgan fingerprint density at radius 2 is 1.72 bits per heavy atom. The zero-order valence-corrected chi connectivity index (χ0v) is 16.3. The van der Waals surface area contributed by atoms with Gasteiger partial charge in [-0.3, -0.25) is 0 Å². The molecule has 1 saturated heterocycles. The van der Waals surface area contributed by atoms with E-state index in [2.05, 4.69) is 73.5 Å². The minimum absolute atomic E-state index is 0.576. The molecule has 0 aromatic heterocycles. The first-order valence-electron chi connectivity index (χ1n) is 9.35. The van der Waals surface area contributed by atoms with E-state index in [0.29, 0.717) is 5.92 Å².